The highest BCUT2D eigenvalue weighted by Crippen LogP contribution is 2.23. The van der Waals surface area contributed by atoms with E-state index >= 15 is 0 Å². The first-order valence-corrected chi connectivity index (χ1v) is 7.90. The van der Waals surface area contributed by atoms with Crippen molar-refractivity contribution in [2.45, 2.75) is 65.0 Å². The molecule has 0 aromatic heterocycles. The molecule has 1 N–H and O–H groups in total. The Labute approximate surface area is 83.4 Å². The predicted molar refractivity (Wildman–Crippen MR) is 59.4 cm³/mol. The van der Waals surface area contributed by atoms with Crippen molar-refractivity contribution in [2.24, 2.45) is 0 Å². The van der Waals surface area contributed by atoms with Crippen LogP contribution in [0, 0.1) is 0 Å². The van der Waals surface area contributed by atoms with Crippen molar-refractivity contribution < 1.29 is 9.53 Å². The molecule has 0 saturated carbocycles. The van der Waals surface area contributed by atoms with Crippen molar-refractivity contribution in [3.8, 4) is 0 Å². The van der Waals surface area contributed by atoms with Crippen molar-refractivity contribution in [3.63, 3.8) is 0 Å². The zero-order valence-electron chi connectivity index (χ0n) is 9.63. The van der Waals surface area contributed by atoms with Crippen LogP contribution in [0.4, 0.5) is 0 Å². The highest BCUT2D eigenvalue weighted by atomic mass is 28.4. The molecule has 0 bridgehead atoms. The maximum Gasteiger partial charge on any atom is 0.192 e. The minimum Gasteiger partial charge on any atom is -0.412 e. The van der Waals surface area contributed by atoms with E-state index in [1.54, 1.807) is 6.92 Å². The van der Waals surface area contributed by atoms with Gasteiger partial charge in [-0.15, -0.1) is 0 Å². The van der Waals surface area contributed by atoms with E-state index in [2.05, 4.69) is 20.8 Å². The number of hydrogen-bond donors (Lipinski definition) is 1. The van der Waals surface area contributed by atoms with E-state index in [1.807, 2.05) is 6.92 Å². The van der Waals surface area contributed by atoms with Gasteiger partial charge in [-0.2, -0.15) is 0 Å². The van der Waals surface area contributed by atoms with Gasteiger partial charge in [0.15, 0.2) is 8.32 Å². The van der Waals surface area contributed by atoms with Gasteiger partial charge in [0.2, 0.25) is 0 Å². The molecule has 0 aliphatic carbocycles. The third-order valence-corrected chi connectivity index (χ3v) is 7.79. The fourth-order valence-corrected chi connectivity index (χ4v) is 4.48. The lowest BCUT2D eigenvalue weighted by Gasteiger charge is -2.32. The van der Waals surface area contributed by atoms with Crippen LogP contribution in [0.5, 0.6) is 0 Å². The van der Waals surface area contributed by atoms with Crippen LogP contribution < -0.4 is 0 Å². The molecule has 0 rings (SSSR count). The fraction of sp³-hybridized carbons (Fsp3) is 1.00. The SMILES string of the molecule is CC[Si](CC)(CC)OC(C)C(C)O. The fourth-order valence-electron chi connectivity index (χ4n) is 1.49. The zero-order chi connectivity index (χ0) is 10.5. The summed E-state index contributed by atoms with van der Waals surface area (Å²) in [4.78, 5) is 0. The van der Waals surface area contributed by atoms with Crippen LogP contribution in [0.3, 0.4) is 0 Å². The van der Waals surface area contributed by atoms with Crippen LogP contribution >= 0.6 is 0 Å². The van der Waals surface area contributed by atoms with Gasteiger partial charge in [0.25, 0.3) is 0 Å². The molecule has 0 radical (unpaired) electrons. The Morgan fingerprint density at radius 1 is 1.08 bits per heavy atom. The summed E-state index contributed by atoms with van der Waals surface area (Å²) in [5, 5.41) is 9.37. The molecule has 3 heteroatoms. The normalized spacial score (nSPS) is 17.1. The van der Waals surface area contributed by atoms with Crippen LogP contribution in [-0.4, -0.2) is 25.6 Å². The van der Waals surface area contributed by atoms with E-state index in [9.17, 15) is 5.11 Å². The Balaban J connectivity index is 4.24. The maximum atomic E-state index is 9.37. The Morgan fingerprint density at radius 3 is 1.69 bits per heavy atom. The molecule has 0 aliphatic heterocycles. The van der Waals surface area contributed by atoms with E-state index in [1.165, 1.54) is 0 Å². The first-order valence-electron chi connectivity index (χ1n) is 5.37. The first kappa shape index (κ1) is 13.1. The van der Waals surface area contributed by atoms with E-state index < -0.39 is 8.32 Å². The third-order valence-electron chi connectivity index (χ3n) is 3.05. The second kappa shape index (κ2) is 5.78. The smallest absolute Gasteiger partial charge is 0.192 e. The lowest BCUT2D eigenvalue weighted by Crippen LogP contribution is -2.42. The summed E-state index contributed by atoms with van der Waals surface area (Å²) in [6.45, 7) is 10.4. The quantitative estimate of drug-likeness (QED) is 0.674. The van der Waals surface area contributed by atoms with Crippen LogP contribution in [0.15, 0.2) is 0 Å². The van der Waals surface area contributed by atoms with E-state index in [0.29, 0.717) is 0 Å². The minimum absolute atomic E-state index is 0.00785. The average molecular weight is 204 g/mol. The van der Waals surface area contributed by atoms with Gasteiger partial charge in [0, 0.05) is 0 Å². The molecule has 0 aliphatic rings. The van der Waals surface area contributed by atoms with Crippen LogP contribution in [0.25, 0.3) is 0 Å². The van der Waals surface area contributed by atoms with Gasteiger partial charge in [-0.1, -0.05) is 20.8 Å². The molecule has 13 heavy (non-hydrogen) atoms. The van der Waals surface area contributed by atoms with Crippen molar-refractivity contribution in [3.05, 3.63) is 0 Å². The summed E-state index contributed by atoms with van der Waals surface area (Å²) >= 11 is 0. The molecule has 2 atom stereocenters. The topological polar surface area (TPSA) is 29.5 Å². The van der Waals surface area contributed by atoms with Crippen molar-refractivity contribution >= 4 is 8.32 Å². The average Bonchev–Trinajstić information content (AvgIpc) is 2.14. The van der Waals surface area contributed by atoms with Crippen LogP contribution in [-0.2, 0) is 4.43 Å². The maximum absolute atomic E-state index is 9.37. The van der Waals surface area contributed by atoms with E-state index in [0.717, 1.165) is 18.1 Å². The number of aliphatic hydroxyl groups is 1. The summed E-state index contributed by atoms with van der Waals surface area (Å²) < 4.78 is 6.04. The van der Waals surface area contributed by atoms with Gasteiger partial charge in [0.05, 0.1) is 12.2 Å². The Hall–Kier alpha value is 0.137. The largest absolute Gasteiger partial charge is 0.412 e. The Kier molecular flexibility index (Phi) is 5.84. The van der Waals surface area contributed by atoms with Crippen molar-refractivity contribution in [2.75, 3.05) is 0 Å². The lowest BCUT2D eigenvalue weighted by molar-refractivity contribution is 0.0529. The molecule has 0 saturated heterocycles. The molecule has 2 nitrogen and oxygen atoms in total. The summed E-state index contributed by atoms with van der Waals surface area (Å²) in [6, 6.07) is 3.45. The van der Waals surface area contributed by atoms with Crippen LogP contribution in [0.2, 0.25) is 18.1 Å². The Morgan fingerprint density at radius 2 is 1.46 bits per heavy atom. The molecule has 2 unspecified atom stereocenters. The number of rotatable bonds is 6. The highest BCUT2D eigenvalue weighted by Gasteiger charge is 2.31. The Bertz CT molecular complexity index is 125. The summed E-state index contributed by atoms with van der Waals surface area (Å²) in [5.74, 6) is 0. The second-order valence-corrected chi connectivity index (χ2v) is 8.53. The summed E-state index contributed by atoms with van der Waals surface area (Å²) in [7, 11) is -1.50. The number of aliphatic hydroxyl groups excluding tert-OH is 1. The van der Waals surface area contributed by atoms with Crippen molar-refractivity contribution in [1.29, 1.82) is 0 Å². The zero-order valence-corrected chi connectivity index (χ0v) is 10.6. The summed E-state index contributed by atoms with van der Waals surface area (Å²) in [6.07, 6.45) is -0.358. The molecule has 0 fully saturated rings. The van der Waals surface area contributed by atoms with Gasteiger partial charge in [-0.3, -0.25) is 0 Å². The van der Waals surface area contributed by atoms with Crippen LogP contribution in [0.1, 0.15) is 34.6 Å². The molecule has 0 heterocycles. The standard InChI is InChI=1S/C10H24O2Si/c1-6-13(7-2,8-3)12-10(5)9(4)11/h9-11H,6-8H2,1-5H3. The molecule has 0 amide bonds. The van der Waals surface area contributed by atoms with E-state index in [4.69, 9.17) is 4.43 Å². The third kappa shape index (κ3) is 3.79. The monoisotopic (exact) mass is 204 g/mol. The van der Waals surface area contributed by atoms with Gasteiger partial charge >= 0.3 is 0 Å². The van der Waals surface area contributed by atoms with Gasteiger partial charge in [0.1, 0.15) is 0 Å². The molecule has 0 aromatic rings. The first-order chi connectivity index (χ1) is 6.01. The van der Waals surface area contributed by atoms with E-state index in [-0.39, 0.29) is 12.2 Å². The highest BCUT2D eigenvalue weighted by molar-refractivity contribution is 6.73. The lowest BCUT2D eigenvalue weighted by atomic mass is 10.3. The molecule has 0 aromatic carbocycles. The molecule has 0 spiro atoms. The summed E-state index contributed by atoms with van der Waals surface area (Å²) in [5.41, 5.74) is 0. The minimum atomic E-state index is -1.50. The van der Waals surface area contributed by atoms with Gasteiger partial charge in [-0.05, 0) is 32.0 Å². The van der Waals surface area contributed by atoms with Gasteiger partial charge < -0.3 is 9.53 Å². The predicted octanol–water partition coefficient (Wildman–Crippen LogP) is 2.78. The van der Waals surface area contributed by atoms with Gasteiger partial charge in [-0.25, -0.2) is 0 Å². The van der Waals surface area contributed by atoms with Crippen molar-refractivity contribution in [1.82, 2.24) is 0 Å². The molecular weight excluding hydrogens is 180 g/mol. The molecular formula is C10H24O2Si. The number of hydrogen-bond acceptors (Lipinski definition) is 2. The second-order valence-electron chi connectivity index (χ2n) is 3.81. The molecule has 80 valence electrons.